The number of ether oxygens (including phenoxy) is 1. The summed E-state index contributed by atoms with van der Waals surface area (Å²) in [5, 5.41) is 6.80. The molecule has 0 bridgehead atoms. The molecule has 6 nitrogen and oxygen atoms in total. The molecular formula is C20H33N3O3S. The highest BCUT2D eigenvalue weighted by Gasteiger charge is 2.33. The molecule has 0 heterocycles. The number of aliphatic imine (C=N–C) groups is 1. The van der Waals surface area contributed by atoms with Crippen molar-refractivity contribution in [3.05, 3.63) is 29.3 Å². The molecule has 0 atom stereocenters. The van der Waals surface area contributed by atoms with Crippen LogP contribution in [0.25, 0.3) is 0 Å². The Kier molecular flexibility index (Phi) is 7.68. The molecule has 0 amide bonds. The maximum atomic E-state index is 11.7. The monoisotopic (exact) mass is 395 g/mol. The summed E-state index contributed by atoms with van der Waals surface area (Å²) in [5.41, 5.74) is 2.09. The van der Waals surface area contributed by atoms with E-state index in [4.69, 9.17) is 4.74 Å². The molecule has 0 unspecified atom stereocenters. The Hall–Kier alpha value is -1.60. The maximum Gasteiger partial charge on any atom is 0.191 e. The minimum absolute atomic E-state index is 0.293. The Morgan fingerprint density at radius 1 is 1.26 bits per heavy atom. The van der Waals surface area contributed by atoms with E-state index in [0.29, 0.717) is 16.9 Å². The molecule has 0 aromatic heterocycles. The van der Waals surface area contributed by atoms with Crippen molar-refractivity contribution in [3.8, 4) is 0 Å². The number of nitrogens with zero attached hydrogens (tertiary/aromatic N) is 1. The van der Waals surface area contributed by atoms with Crippen molar-refractivity contribution >= 4 is 15.8 Å². The number of sulfone groups is 1. The number of benzene rings is 1. The van der Waals surface area contributed by atoms with Crippen LogP contribution in [0.4, 0.5) is 0 Å². The molecule has 0 spiro atoms. The van der Waals surface area contributed by atoms with E-state index in [9.17, 15) is 8.42 Å². The molecule has 1 saturated carbocycles. The molecule has 2 rings (SSSR count). The first-order chi connectivity index (χ1) is 12.8. The SMILES string of the molecule is CN=C(NCc1ccc(S(C)(=O)=O)c(C)c1)NCC1(CCOC)CCCC1. The van der Waals surface area contributed by atoms with E-state index in [-0.39, 0.29) is 0 Å². The van der Waals surface area contributed by atoms with Gasteiger partial charge in [0.05, 0.1) is 4.90 Å². The smallest absolute Gasteiger partial charge is 0.191 e. The minimum Gasteiger partial charge on any atom is -0.385 e. The summed E-state index contributed by atoms with van der Waals surface area (Å²) in [7, 11) is 0.340. The molecule has 0 aliphatic heterocycles. The average molecular weight is 396 g/mol. The second-order valence-electron chi connectivity index (χ2n) is 7.60. The third-order valence-electron chi connectivity index (χ3n) is 5.45. The lowest BCUT2D eigenvalue weighted by Crippen LogP contribution is -2.43. The Labute approximate surface area is 163 Å². The molecule has 1 aliphatic rings. The van der Waals surface area contributed by atoms with Gasteiger partial charge in [0.25, 0.3) is 0 Å². The first-order valence-corrected chi connectivity index (χ1v) is 11.4. The first kappa shape index (κ1) is 21.7. The van der Waals surface area contributed by atoms with E-state index in [1.807, 2.05) is 19.1 Å². The van der Waals surface area contributed by atoms with Gasteiger partial charge >= 0.3 is 0 Å². The van der Waals surface area contributed by atoms with Gasteiger partial charge in [0.15, 0.2) is 15.8 Å². The Morgan fingerprint density at radius 2 is 1.96 bits per heavy atom. The molecule has 1 aliphatic carbocycles. The van der Waals surface area contributed by atoms with Gasteiger partial charge in [-0.1, -0.05) is 25.0 Å². The highest BCUT2D eigenvalue weighted by Crippen LogP contribution is 2.40. The summed E-state index contributed by atoms with van der Waals surface area (Å²) in [6, 6.07) is 5.44. The van der Waals surface area contributed by atoms with E-state index < -0.39 is 9.84 Å². The highest BCUT2D eigenvalue weighted by atomic mass is 32.2. The van der Waals surface area contributed by atoms with Crippen LogP contribution < -0.4 is 10.6 Å². The molecule has 1 aromatic carbocycles. The lowest BCUT2D eigenvalue weighted by molar-refractivity contribution is 0.138. The van der Waals surface area contributed by atoms with Crippen LogP contribution in [-0.4, -0.2) is 47.9 Å². The number of nitrogens with one attached hydrogen (secondary N) is 2. The van der Waals surface area contributed by atoms with Crippen molar-refractivity contribution < 1.29 is 13.2 Å². The zero-order chi connectivity index (χ0) is 19.9. The average Bonchev–Trinajstić information content (AvgIpc) is 3.08. The topological polar surface area (TPSA) is 79.8 Å². The largest absolute Gasteiger partial charge is 0.385 e. The van der Waals surface area contributed by atoms with Gasteiger partial charge in [0, 0.05) is 40.1 Å². The van der Waals surface area contributed by atoms with Crippen molar-refractivity contribution in [1.29, 1.82) is 0 Å². The second kappa shape index (κ2) is 9.55. The minimum atomic E-state index is -3.19. The summed E-state index contributed by atoms with van der Waals surface area (Å²) < 4.78 is 28.8. The normalized spacial score (nSPS) is 17.1. The predicted molar refractivity (Wildman–Crippen MR) is 110 cm³/mol. The number of rotatable bonds is 8. The zero-order valence-electron chi connectivity index (χ0n) is 17.0. The van der Waals surface area contributed by atoms with Crippen molar-refractivity contribution in [2.75, 3.05) is 33.6 Å². The highest BCUT2D eigenvalue weighted by molar-refractivity contribution is 7.90. The van der Waals surface area contributed by atoms with Gasteiger partial charge in [0.2, 0.25) is 0 Å². The number of aryl methyl sites for hydroxylation is 1. The fraction of sp³-hybridized carbons (Fsp3) is 0.650. The number of hydrogen-bond donors (Lipinski definition) is 2. The maximum absolute atomic E-state index is 11.7. The summed E-state index contributed by atoms with van der Waals surface area (Å²) >= 11 is 0. The first-order valence-electron chi connectivity index (χ1n) is 9.53. The number of hydrogen-bond acceptors (Lipinski definition) is 4. The van der Waals surface area contributed by atoms with Crippen LogP contribution in [0.2, 0.25) is 0 Å². The van der Waals surface area contributed by atoms with Crippen LogP contribution in [0.3, 0.4) is 0 Å². The second-order valence-corrected chi connectivity index (χ2v) is 9.59. The van der Waals surface area contributed by atoms with Gasteiger partial charge in [0.1, 0.15) is 0 Å². The lowest BCUT2D eigenvalue weighted by Gasteiger charge is -2.30. The molecule has 0 radical (unpaired) electrons. The number of methoxy groups -OCH3 is 1. The van der Waals surface area contributed by atoms with Gasteiger partial charge in [-0.15, -0.1) is 0 Å². The van der Waals surface area contributed by atoms with E-state index in [1.165, 1.54) is 31.9 Å². The third kappa shape index (κ3) is 6.21. The number of guanidine groups is 1. The summed E-state index contributed by atoms with van der Waals surface area (Å²) in [6.45, 7) is 4.10. The Morgan fingerprint density at radius 3 is 2.52 bits per heavy atom. The molecule has 152 valence electrons. The van der Waals surface area contributed by atoms with Gasteiger partial charge in [-0.2, -0.15) is 0 Å². The van der Waals surface area contributed by atoms with Crippen molar-refractivity contribution in [1.82, 2.24) is 10.6 Å². The summed E-state index contributed by atoms with van der Waals surface area (Å²) in [6.07, 6.45) is 7.33. The molecule has 1 aromatic rings. The van der Waals surface area contributed by atoms with Gasteiger partial charge in [-0.3, -0.25) is 4.99 Å². The predicted octanol–water partition coefficient (Wildman–Crippen LogP) is 2.66. The van der Waals surface area contributed by atoms with Crippen molar-refractivity contribution in [3.63, 3.8) is 0 Å². The van der Waals surface area contributed by atoms with Gasteiger partial charge < -0.3 is 15.4 Å². The van der Waals surface area contributed by atoms with Crippen LogP contribution in [-0.2, 0) is 21.1 Å². The molecule has 7 heteroatoms. The van der Waals surface area contributed by atoms with E-state index in [1.54, 1.807) is 20.2 Å². The van der Waals surface area contributed by atoms with Crippen molar-refractivity contribution in [2.45, 2.75) is 50.5 Å². The van der Waals surface area contributed by atoms with E-state index >= 15 is 0 Å². The fourth-order valence-electron chi connectivity index (χ4n) is 3.87. The van der Waals surface area contributed by atoms with Crippen LogP contribution in [0.1, 0.15) is 43.2 Å². The van der Waals surface area contributed by atoms with Crippen LogP contribution in [0, 0.1) is 12.3 Å². The third-order valence-corrected chi connectivity index (χ3v) is 6.71. The van der Waals surface area contributed by atoms with Gasteiger partial charge in [-0.25, -0.2) is 8.42 Å². The van der Waals surface area contributed by atoms with Crippen LogP contribution in [0.15, 0.2) is 28.1 Å². The van der Waals surface area contributed by atoms with E-state index in [2.05, 4.69) is 15.6 Å². The Balaban J connectivity index is 1.93. The van der Waals surface area contributed by atoms with Gasteiger partial charge in [-0.05, 0) is 48.8 Å². The quantitative estimate of drug-likeness (QED) is 0.523. The standard InChI is InChI=1S/C20H33N3O3S/c1-16-13-17(7-8-18(16)27(4,24)25)14-22-19(21-2)23-15-20(11-12-26-3)9-5-6-10-20/h7-8,13H,5-6,9-12,14-15H2,1-4H3,(H2,21,22,23). The van der Waals surface area contributed by atoms with Crippen LogP contribution >= 0.6 is 0 Å². The molecule has 0 saturated heterocycles. The lowest BCUT2D eigenvalue weighted by atomic mass is 9.83. The molecule has 2 N–H and O–H groups in total. The fourth-order valence-corrected chi connectivity index (χ4v) is 4.83. The summed E-state index contributed by atoms with van der Waals surface area (Å²) in [4.78, 5) is 4.71. The molecule has 1 fully saturated rings. The zero-order valence-corrected chi connectivity index (χ0v) is 17.8. The Bertz CT molecular complexity index is 754. The summed E-state index contributed by atoms with van der Waals surface area (Å²) in [5.74, 6) is 0.767. The van der Waals surface area contributed by atoms with Crippen molar-refractivity contribution in [2.24, 2.45) is 10.4 Å². The molecule has 27 heavy (non-hydrogen) atoms. The van der Waals surface area contributed by atoms with E-state index in [0.717, 1.165) is 36.7 Å². The van der Waals surface area contributed by atoms with Crippen LogP contribution in [0.5, 0.6) is 0 Å². The molecular weight excluding hydrogens is 362 g/mol.